The van der Waals surface area contributed by atoms with Crippen LogP contribution in [-0.4, -0.2) is 43.8 Å². The molecule has 10 heteroatoms. The van der Waals surface area contributed by atoms with E-state index >= 15 is 0 Å². The zero-order valence-electron chi connectivity index (χ0n) is 26.5. The quantitative estimate of drug-likeness (QED) is 0.152. The maximum absolute atomic E-state index is 14.3. The van der Waals surface area contributed by atoms with E-state index in [1.165, 1.54) is 17.0 Å². The molecule has 0 saturated carbocycles. The number of amides is 2. The summed E-state index contributed by atoms with van der Waals surface area (Å²) in [7, 11) is -4.21. The van der Waals surface area contributed by atoms with Crippen molar-refractivity contribution in [3.05, 3.63) is 119 Å². The highest BCUT2D eigenvalue weighted by molar-refractivity contribution is 7.92. The van der Waals surface area contributed by atoms with Crippen LogP contribution in [0.2, 0.25) is 5.02 Å². The Balaban J connectivity index is 1.73. The van der Waals surface area contributed by atoms with E-state index in [2.05, 4.69) is 5.32 Å². The lowest BCUT2D eigenvalue weighted by Gasteiger charge is -2.34. The van der Waals surface area contributed by atoms with Crippen LogP contribution in [0.1, 0.15) is 44.7 Å². The smallest absolute Gasteiger partial charge is 0.264 e. The number of nitrogens with zero attached hydrogens (tertiary/aromatic N) is 2. The summed E-state index contributed by atoms with van der Waals surface area (Å²) in [6, 6.07) is 28.3. The molecule has 0 radical (unpaired) electrons. The second-order valence-corrected chi connectivity index (χ2v) is 13.4. The first kappa shape index (κ1) is 34.5. The van der Waals surface area contributed by atoms with Crippen LogP contribution in [0.5, 0.6) is 11.5 Å². The molecule has 0 unspecified atom stereocenters. The van der Waals surface area contributed by atoms with Gasteiger partial charge in [-0.1, -0.05) is 79.5 Å². The topological polar surface area (TPSA) is 96.0 Å². The highest BCUT2D eigenvalue weighted by atomic mass is 35.5. The minimum absolute atomic E-state index is 0.0210. The average Bonchev–Trinajstić information content (AvgIpc) is 3.05. The molecule has 2 amide bonds. The summed E-state index contributed by atoms with van der Waals surface area (Å²) >= 11 is 6.49. The normalized spacial score (nSPS) is 12.5. The van der Waals surface area contributed by atoms with Crippen LogP contribution in [0.25, 0.3) is 0 Å². The summed E-state index contributed by atoms with van der Waals surface area (Å²) in [5, 5.41) is 3.42. The van der Waals surface area contributed by atoms with Crippen LogP contribution in [0, 0.1) is 6.92 Å². The number of sulfonamides is 1. The lowest BCUT2D eigenvalue weighted by Crippen LogP contribution is -2.53. The van der Waals surface area contributed by atoms with E-state index in [-0.39, 0.29) is 29.1 Å². The van der Waals surface area contributed by atoms with Crippen molar-refractivity contribution in [3.8, 4) is 11.5 Å². The average molecular weight is 662 g/mol. The van der Waals surface area contributed by atoms with Crippen molar-refractivity contribution in [2.45, 2.75) is 64.1 Å². The second-order valence-electron chi connectivity index (χ2n) is 11.1. The van der Waals surface area contributed by atoms with Gasteiger partial charge in [0.15, 0.2) is 0 Å². The fourth-order valence-corrected chi connectivity index (χ4v) is 6.45. The Morgan fingerprint density at radius 1 is 0.826 bits per heavy atom. The lowest BCUT2D eigenvalue weighted by molar-refractivity contribution is -0.140. The summed E-state index contributed by atoms with van der Waals surface area (Å²) in [6.45, 7) is 7.01. The van der Waals surface area contributed by atoms with Gasteiger partial charge in [0.25, 0.3) is 10.0 Å². The van der Waals surface area contributed by atoms with Crippen molar-refractivity contribution < 1.29 is 22.7 Å². The molecule has 1 N–H and O–H groups in total. The van der Waals surface area contributed by atoms with Gasteiger partial charge >= 0.3 is 0 Å². The molecule has 0 fully saturated rings. The summed E-state index contributed by atoms with van der Waals surface area (Å²) in [6.07, 6.45) is 1.03. The summed E-state index contributed by atoms with van der Waals surface area (Å²) in [5.74, 6) is 0.270. The van der Waals surface area contributed by atoms with Gasteiger partial charge in [-0.3, -0.25) is 13.9 Å². The predicted molar refractivity (Wildman–Crippen MR) is 183 cm³/mol. The number of anilines is 1. The maximum Gasteiger partial charge on any atom is 0.264 e. The molecular weight excluding hydrogens is 622 g/mol. The molecule has 0 heterocycles. The standard InChI is InChI=1S/C36H40ClN3O5S/c1-5-27(4)38-36(42)34(6-2)39(24-28-12-10-11-15-33(28)37)35(41)25-40(46(43,44)32-22-16-26(3)17-23-32)29-18-20-31(21-19-29)45-30-13-8-7-9-14-30/h7-23,27,34H,5-6,24-25H2,1-4H3,(H,38,42)/t27-,34+/m0/s1. The number of hydrogen-bond acceptors (Lipinski definition) is 5. The summed E-state index contributed by atoms with van der Waals surface area (Å²) in [5.41, 5.74) is 1.81. The third-order valence-electron chi connectivity index (χ3n) is 7.68. The molecule has 242 valence electrons. The number of carbonyl (C=O) groups is 2. The Labute approximate surface area is 277 Å². The highest BCUT2D eigenvalue weighted by Crippen LogP contribution is 2.29. The van der Waals surface area contributed by atoms with Gasteiger partial charge in [-0.25, -0.2) is 8.42 Å². The van der Waals surface area contributed by atoms with Crippen LogP contribution in [0.15, 0.2) is 108 Å². The van der Waals surface area contributed by atoms with Gasteiger partial charge in [-0.05, 0) is 86.8 Å². The molecule has 2 atom stereocenters. The first-order chi connectivity index (χ1) is 22.0. The van der Waals surface area contributed by atoms with Gasteiger partial charge in [0.1, 0.15) is 24.1 Å². The Bertz CT molecular complexity index is 1720. The van der Waals surface area contributed by atoms with Crippen molar-refractivity contribution in [3.63, 3.8) is 0 Å². The molecule has 0 aromatic heterocycles. The van der Waals surface area contributed by atoms with E-state index in [9.17, 15) is 18.0 Å². The minimum atomic E-state index is -4.21. The van der Waals surface area contributed by atoms with Crippen LogP contribution < -0.4 is 14.4 Å². The molecular formula is C36H40ClN3O5S. The van der Waals surface area contributed by atoms with Crippen molar-refractivity contribution in [2.24, 2.45) is 0 Å². The first-order valence-corrected chi connectivity index (χ1v) is 17.1. The Morgan fingerprint density at radius 2 is 1.43 bits per heavy atom. The first-order valence-electron chi connectivity index (χ1n) is 15.3. The molecule has 0 aliphatic rings. The van der Waals surface area contributed by atoms with E-state index in [0.29, 0.717) is 34.9 Å². The largest absolute Gasteiger partial charge is 0.457 e. The fraction of sp³-hybridized carbons (Fsp3) is 0.278. The monoisotopic (exact) mass is 661 g/mol. The number of nitrogens with one attached hydrogen (secondary N) is 1. The molecule has 0 bridgehead atoms. The van der Waals surface area contributed by atoms with Crippen LogP contribution in [0.4, 0.5) is 5.69 Å². The zero-order valence-corrected chi connectivity index (χ0v) is 28.1. The highest BCUT2D eigenvalue weighted by Gasteiger charge is 2.34. The van der Waals surface area contributed by atoms with Gasteiger partial charge in [0.2, 0.25) is 11.8 Å². The Morgan fingerprint density at radius 3 is 2.04 bits per heavy atom. The minimum Gasteiger partial charge on any atom is -0.457 e. The van der Waals surface area contributed by atoms with Crippen molar-refractivity contribution in [1.29, 1.82) is 0 Å². The molecule has 46 heavy (non-hydrogen) atoms. The number of carbonyl (C=O) groups excluding carboxylic acids is 2. The van der Waals surface area contributed by atoms with Crippen molar-refractivity contribution in [2.75, 3.05) is 10.8 Å². The second kappa shape index (κ2) is 15.8. The SMILES string of the molecule is CC[C@H](C(=O)N[C@@H](C)CC)N(Cc1ccccc1Cl)C(=O)CN(c1ccc(Oc2ccccc2)cc1)S(=O)(=O)c1ccc(C)cc1. The van der Waals surface area contributed by atoms with Gasteiger partial charge < -0.3 is 15.0 Å². The third kappa shape index (κ3) is 8.68. The number of rotatable bonds is 14. The number of hydrogen-bond donors (Lipinski definition) is 1. The maximum atomic E-state index is 14.3. The number of para-hydroxylation sites is 1. The molecule has 0 aliphatic heterocycles. The molecule has 0 aliphatic carbocycles. The van der Waals surface area contributed by atoms with E-state index in [1.807, 2.05) is 58.0 Å². The van der Waals surface area contributed by atoms with E-state index in [4.69, 9.17) is 16.3 Å². The summed E-state index contributed by atoms with van der Waals surface area (Å²) in [4.78, 5) is 29.2. The number of halogens is 1. The third-order valence-corrected chi connectivity index (χ3v) is 9.83. The van der Waals surface area contributed by atoms with Crippen LogP contribution in [-0.2, 0) is 26.2 Å². The molecule has 0 spiro atoms. The lowest BCUT2D eigenvalue weighted by atomic mass is 10.1. The zero-order chi connectivity index (χ0) is 33.3. The van der Waals surface area contributed by atoms with Gasteiger partial charge in [-0.2, -0.15) is 0 Å². The molecule has 0 saturated heterocycles. The van der Waals surface area contributed by atoms with Crippen LogP contribution in [0.3, 0.4) is 0 Å². The van der Waals surface area contributed by atoms with E-state index in [0.717, 1.165) is 9.87 Å². The van der Waals surface area contributed by atoms with Crippen molar-refractivity contribution >= 4 is 39.1 Å². The fourth-order valence-electron chi connectivity index (χ4n) is 4.84. The molecule has 8 nitrogen and oxygen atoms in total. The van der Waals surface area contributed by atoms with Crippen LogP contribution >= 0.6 is 11.6 Å². The predicted octanol–water partition coefficient (Wildman–Crippen LogP) is 7.36. The van der Waals surface area contributed by atoms with E-state index < -0.39 is 28.5 Å². The molecule has 4 rings (SSSR count). The van der Waals surface area contributed by atoms with E-state index in [1.54, 1.807) is 60.7 Å². The number of aryl methyl sites for hydroxylation is 1. The van der Waals surface area contributed by atoms with Crippen molar-refractivity contribution in [1.82, 2.24) is 10.2 Å². The Kier molecular flexibility index (Phi) is 11.8. The summed E-state index contributed by atoms with van der Waals surface area (Å²) < 4.78 is 35.3. The van der Waals surface area contributed by atoms with Gasteiger partial charge in [0.05, 0.1) is 10.6 Å². The molecule has 4 aromatic rings. The Hall–Kier alpha value is -4.34. The number of ether oxygens (including phenoxy) is 1. The van der Waals surface area contributed by atoms with Gasteiger partial charge in [0, 0.05) is 17.6 Å². The van der Waals surface area contributed by atoms with Gasteiger partial charge in [-0.15, -0.1) is 0 Å². The number of benzene rings is 4. The molecule has 4 aromatic carbocycles.